The van der Waals surface area contributed by atoms with Crippen LogP contribution in [0.15, 0.2) is 24.3 Å². The predicted molar refractivity (Wildman–Crippen MR) is 76.6 cm³/mol. The second-order valence-electron chi connectivity index (χ2n) is 5.26. The van der Waals surface area contributed by atoms with Gasteiger partial charge in [0, 0.05) is 18.8 Å². The predicted octanol–water partition coefficient (Wildman–Crippen LogP) is 1.59. The standard InChI is InChI=1S/C15H20N2O3/c1-2-11-3-5-13(6-4-11)16-14(18)10-17-8-12(9-17)7-15(19)20/h3-6,12H,2,7-10H2,1H3,(H,16,18)(H,19,20). The number of carbonyl (C=O) groups excluding carboxylic acids is 1. The molecule has 2 rings (SSSR count). The maximum Gasteiger partial charge on any atom is 0.303 e. The lowest BCUT2D eigenvalue weighted by Gasteiger charge is -2.37. The van der Waals surface area contributed by atoms with E-state index in [9.17, 15) is 9.59 Å². The number of hydrogen-bond donors (Lipinski definition) is 2. The third-order valence-corrected chi connectivity index (χ3v) is 3.51. The summed E-state index contributed by atoms with van der Waals surface area (Å²) in [7, 11) is 0. The van der Waals surface area contributed by atoms with Gasteiger partial charge in [-0.25, -0.2) is 0 Å². The molecule has 0 saturated carbocycles. The highest BCUT2D eigenvalue weighted by Gasteiger charge is 2.29. The monoisotopic (exact) mass is 276 g/mol. The Bertz CT molecular complexity index is 478. The molecule has 1 saturated heterocycles. The highest BCUT2D eigenvalue weighted by atomic mass is 16.4. The SMILES string of the molecule is CCc1ccc(NC(=O)CN2CC(CC(=O)O)C2)cc1. The number of carboxylic acid groups (broad SMARTS) is 1. The molecule has 1 aliphatic rings. The molecule has 108 valence electrons. The Morgan fingerprint density at radius 3 is 2.50 bits per heavy atom. The van der Waals surface area contributed by atoms with Crippen molar-refractivity contribution in [2.24, 2.45) is 5.92 Å². The first-order chi connectivity index (χ1) is 9.56. The Hall–Kier alpha value is -1.88. The van der Waals surface area contributed by atoms with Crippen LogP contribution in [0.1, 0.15) is 18.9 Å². The molecule has 5 heteroatoms. The largest absolute Gasteiger partial charge is 0.481 e. The summed E-state index contributed by atoms with van der Waals surface area (Å²) < 4.78 is 0. The molecule has 1 amide bonds. The molecule has 5 nitrogen and oxygen atoms in total. The van der Waals surface area contributed by atoms with Crippen LogP contribution in [-0.2, 0) is 16.0 Å². The van der Waals surface area contributed by atoms with Gasteiger partial charge in [-0.15, -0.1) is 0 Å². The highest BCUT2D eigenvalue weighted by Crippen LogP contribution is 2.18. The molecule has 0 spiro atoms. The fraction of sp³-hybridized carbons (Fsp3) is 0.467. The molecule has 1 heterocycles. The van der Waals surface area contributed by atoms with E-state index in [1.54, 1.807) is 0 Å². The normalized spacial score (nSPS) is 15.7. The zero-order valence-corrected chi connectivity index (χ0v) is 11.6. The Morgan fingerprint density at radius 2 is 1.95 bits per heavy atom. The number of rotatable bonds is 6. The Labute approximate surface area is 118 Å². The molecule has 1 aliphatic heterocycles. The van der Waals surface area contributed by atoms with Gasteiger partial charge in [-0.05, 0) is 30.0 Å². The average molecular weight is 276 g/mol. The van der Waals surface area contributed by atoms with Crippen LogP contribution in [0.4, 0.5) is 5.69 Å². The maximum atomic E-state index is 11.8. The molecule has 0 bridgehead atoms. The van der Waals surface area contributed by atoms with Gasteiger partial charge in [0.25, 0.3) is 0 Å². The number of anilines is 1. The Kier molecular flexibility index (Phi) is 4.74. The van der Waals surface area contributed by atoms with Crippen molar-refractivity contribution in [1.29, 1.82) is 0 Å². The minimum absolute atomic E-state index is 0.0528. The number of likely N-dealkylation sites (tertiary alicyclic amines) is 1. The van der Waals surface area contributed by atoms with Gasteiger partial charge in [-0.3, -0.25) is 14.5 Å². The van der Waals surface area contributed by atoms with Gasteiger partial charge in [-0.2, -0.15) is 0 Å². The van der Waals surface area contributed by atoms with Crippen LogP contribution < -0.4 is 5.32 Å². The van der Waals surface area contributed by atoms with Crippen LogP contribution in [0.3, 0.4) is 0 Å². The molecule has 0 atom stereocenters. The molecule has 0 unspecified atom stereocenters. The first-order valence-corrected chi connectivity index (χ1v) is 6.89. The zero-order valence-electron chi connectivity index (χ0n) is 11.6. The lowest BCUT2D eigenvalue weighted by atomic mass is 9.96. The van der Waals surface area contributed by atoms with Crippen molar-refractivity contribution in [1.82, 2.24) is 4.90 Å². The van der Waals surface area contributed by atoms with E-state index in [-0.39, 0.29) is 18.2 Å². The second-order valence-corrected chi connectivity index (χ2v) is 5.26. The molecular formula is C15H20N2O3. The summed E-state index contributed by atoms with van der Waals surface area (Å²) in [6.07, 6.45) is 1.17. The molecule has 0 aromatic heterocycles. The van der Waals surface area contributed by atoms with Gasteiger partial charge in [0.1, 0.15) is 0 Å². The fourth-order valence-corrected chi connectivity index (χ4v) is 2.41. The minimum Gasteiger partial charge on any atom is -0.481 e. The number of carbonyl (C=O) groups is 2. The van der Waals surface area contributed by atoms with Crippen LogP contribution in [0, 0.1) is 5.92 Å². The number of nitrogens with zero attached hydrogens (tertiary/aromatic N) is 1. The first kappa shape index (κ1) is 14.5. The summed E-state index contributed by atoms with van der Waals surface area (Å²) in [4.78, 5) is 24.3. The fourth-order valence-electron chi connectivity index (χ4n) is 2.41. The minimum atomic E-state index is -0.768. The van der Waals surface area contributed by atoms with Gasteiger partial charge in [0.2, 0.25) is 5.91 Å². The number of aryl methyl sites for hydroxylation is 1. The van der Waals surface area contributed by atoms with Gasteiger partial charge < -0.3 is 10.4 Å². The summed E-state index contributed by atoms with van der Waals surface area (Å²) in [5.74, 6) is -0.637. The Morgan fingerprint density at radius 1 is 1.30 bits per heavy atom. The molecule has 1 aromatic rings. The van der Waals surface area contributed by atoms with Crippen molar-refractivity contribution in [2.75, 3.05) is 25.0 Å². The quantitative estimate of drug-likeness (QED) is 0.828. The number of amides is 1. The van der Waals surface area contributed by atoms with Crippen LogP contribution in [0.5, 0.6) is 0 Å². The summed E-state index contributed by atoms with van der Waals surface area (Å²) in [5, 5.41) is 11.5. The zero-order chi connectivity index (χ0) is 14.5. The van der Waals surface area contributed by atoms with Gasteiger partial charge >= 0.3 is 5.97 Å². The summed E-state index contributed by atoms with van der Waals surface area (Å²) in [6, 6.07) is 7.81. The molecule has 1 aromatic carbocycles. The smallest absolute Gasteiger partial charge is 0.303 e. The third-order valence-electron chi connectivity index (χ3n) is 3.51. The molecular weight excluding hydrogens is 256 g/mol. The van der Waals surface area contributed by atoms with E-state index in [0.29, 0.717) is 19.6 Å². The average Bonchev–Trinajstić information content (AvgIpc) is 2.36. The summed E-state index contributed by atoms with van der Waals surface area (Å²) in [6.45, 7) is 3.79. The Balaban J connectivity index is 1.72. The molecule has 1 fully saturated rings. The van der Waals surface area contributed by atoms with E-state index in [1.807, 2.05) is 29.2 Å². The van der Waals surface area contributed by atoms with E-state index >= 15 is 0 Å². The second kappa shape index (κ2) is 6.52. The summed E-state index contributed by atoms with van der Waals surface area (Å²) >= 11 is 0. The van der Waals surface area contributed by atoms with Crippen molar-refractivity contribution in [3.63, 3.8) is 0 Å². The van der Waals surface area contributed by atoms with E-state index in [4.69, 9.17) is 5.11 Å². The van der Waals surface area contributed by atoms with E-state index in [0.717, 1.165) is 12.1 Å². The number of hydrogen-bond acceptors (Lipinski definition) is 3. The lowest BCUT2D eigenvalue weighted by molar-refractivity contribution is -0.139. The van der Waals surface area contributed by atoms with E-state index in [2.05, 4.69) is 12.2 Å². The first-order valence-electron chi connectivity index (χ1n) is 6.89. The molecule has 2 N–H and O–H groups in total. The lowest BCUT2D eigenvalue weighted by Crippen LogP contribution is -2.50. The number of carboxylic acids is 1. The summed E-state index contributed by atoms with van der Waals surface area (Å²) in [5.41, 5.74) is 2.04. The van der Waals surface area contributed by atoms with E-state index in [1.165, 1.54) is 5.56 Å². The van der Waals surface area contributed by atoms with Gasteiger partial charge in [0.15, 0.2) is 0 Å². The molecule has 0 aliphatic carbocycles. The number of aliphatic carboxylic acids is 1. The maximum absolute atomic E-state index is 11.8. The van der Waals surface area contributed by atoms with Crippen LogP contribution in [0.25, 0.3) is 0 Å². The van der Waals surface area contributed by atoms with Crippen LogP contribution in [0.2, 0.25) is 0 Å². The van der Waals surface area contributed by atoms with Crippen molar-refractivity contribution >= 4 is 17.6 Å². The van der Waals surface area contributed by atoms with Crippen LogP contribution >= 0.6 is 0 Å². The van der Waals surface area contributed by atoms with Gasteiger partial charge in [-0.1, -0.05) is 19.1 Å². The molecule has 0 radical (unpaired) electrons. The highest BCUT2D eigenvalue weighted by molar-refractivity contribution is 5.92. The van der Waals surface area contributed by atoms with Crippen LogP contribution in [-0.4, -0.2) is 41.5 Å². The topological polar surface area (TPSA) is 69.6 Å². The van der Waals surface area contributed by atoms with Crippen molar-refractivity contribution in [3.05, 3.63) is 29.8 Å². The molecule has 20 heavy (non-hydrogen) atoms. The van der Waals surface area contributed by atoms with Gasteiger partial charge in [0.05, 0.1) is 13.0 Å². The van der Waals surface area contributed by atoms with E-state index < -0.39 is 5.97 Å². The van der Waals surface area contributed by atoms with Crippen molar-refractivity contribution in [2.45, 2.75) is 19.8 Å². The number of benzene rings is 1. The van der Waals surface area contributed by atoms with Crippen molar-refractivity contribution < 1.29 is 14.7 Å². The van der Waals surface area contributed by atoms with Crippen molar-refractivity contribution in [3.8, 4) is 0 Å². The third kappa shape index (κ3) is 4.06. The number of nitrogens with one attached hydrogen (secondary N) is 1.